The van der Waals surface area contributed by atoms with Gasteiger partial charge in [0.1, 0.15) is 0 Å². The molecule has 2 aliphatic rings. The van der Waals surface area contributed by atoms with Gasteiger partial charge in [-0.1, -0.05) is 5.16 Å². The van der Waals surface area contributed by atoms with E-state index in [-0.39, 0.29) is 29.2 Å². The summed E-state index contributed by atoms with van der Waals surface area (Å²) in [7, 11) is 0. The minimum absolute atomic E-state index is 0.0186. The number of aromatic nitrogens is 1. The van der Waals surface area contributed by atoms with Gasteiger partial charge in [0.15, 0.2) is 5.69 Å². The van der Waals surface area contributed by atoms with Crippen LogP contribution in [0.2, 0.25) is 0 Å². The predicted octanol–water partition coefficient (Wildman–Crippen LogP) is -0.628. The third-order valence-electron chi connectivity index (χ3n) is 4.16. The van der Waals surface area contributed by atoms with E-state index in [4.69, 9.17) is 10.3 Å². The maximum absolute atomic E-state index is 12.3. The molecule has 21 heavy (non-hydrogen) atoms. The molecule has 0 saturated carbocycles. The van der Waals surface area contributed by atoms with Gasteiger partial charge in [-0.15, -0.1) is 0 Å². The molecule has 3 heterocycles. The Morgan fingerprint density at radius 3 is 2.86 bits per heavy atom. The topological polar surface area (TPSA) is 119 Å². The highest BCUT2D eigenvalue weighted by Gasteiger charge is 2.36. The Morgan fingerprint density at radius 2 is 2.24 bits per heavy atom. The van der Waals surface area contributed by atoms with Crippen molar-refractivity contribution in [3.63, 3.8) is 0 Å². The van der Waals surface area contributed by atoms with Crippen molar-refractivity contribution in [2.45, 2.75) is 12.8 Å². The molecule has 0 aromatic carbocycles. The van der Waals surface area contributed by atoms with E-state index in [9.17, 15) is 14.4 Å². The fourth-order valence-electron chi connectivity index (χ4n) is 2.97. The molecule has 2 fully saturated rings. The number of hydrogen-bond donors (Lipinski definition) is 2. The molecule has 8 nitrogen and oxygen atoms in total. The van der Waals surface area contributed by atoms with Crippen LogP contribution in [0.15, 0.2) is 10.6 Å². The van der Waals surface area contributed by atoms with Crippen molar-refractivity contribution in [1.29, 1.82) is 0 Å². The molecule has 0 radical (unpaired) electrons. The van der Waals surface area contributed by atoms with E-state index in [0.29, 0.717) is 32.0 Å². The highest BCUT2D eigenvalue weighted by Crippen LogP contribution is 2.29. The van der Waals surface area contributed by atoms with E-state index < -0.39 is 5.91 Å². The molecular weight excluding hydrogens is 276 g/mol. The number of nitrogens with zero attached hydrogens (tertiary/aromatic N) is 2. The fourth-order valence-corrected chi connectivity index (χ4v) is 2.97. The Labute approximate surface area is 120 Å². The Kier molecular flexibility index (Phi) is 3.36. The third kappa shape index (κ3) is 2.61. The third-order valence-corrected chi connectivity index (χ3v) is 4.16. The molecule has 2 unspecified atom stereocenters. The number of rotatable bonds is 3. The minimum Gasteiger partial charge on any atom is -0.364 e. The smallest absolute Gasteiger partial charge is 0.292 e. The molecule has 1 aromatic rings. The van der Waals surface area contributed by atoms with Gasteiger partial charge >= 0.3 is 0 Å². The molecule has 0 aliphatic carbocycles. The lowest BCUT2D eigenvalue weighted by atomic mass is 9.91. The van der Waals surface area contributed by atoms with Crippen LogP contribution >= 0.6 is 0 Å². The summed E-state index contributed by atoms with van der Waals surface area (Å²) in [5.74, 6) is -0.337. The van der Waals surface area contributed by atoms with Crippen molar-refractivity contribution < 1.29 is 18.9 Å². The van der Waals surface area contributed by atoms with Crippen molar-refractivity contribution in [3.05, 3.63) is 17.5 Å². The molecule has 2 atom stereocenters. The molecule has 3 N–H and O–H groups in total. The summed E-state index contributed by atoms with van der Waals surface area (Å²) in [4.78, 5) is 36.1. The predicted molar refractivity (Wildman–Crippen MR) is 70.1 cm³/mol. The molecule has 2 saturated heterocycles. The molecule has 2 aliphatic heterocycles. The van der Waals surface area contributed by atoms with Gasteiger partial charge in [0, 0.05) is 32.1 Å². The average Bonchev–Trinajstić information content (AvgIpc) is 3.17. The zero-order valence-corrected chi connectivity index (χ0v) is 11.4. The SMILES string of the molecule is NC(=O)c1cc(C(=O)N2CCC(C3CNC(=O)C3)C2)on1. The maximum atomic E-state index is 12.3. The summed E-state index contributed by atoms with van der Waals surface area (Å²) < 4.78 is 4.87. The van der Waals surface area contributed by atoms with Gasteiger partial charge in [-0.05, 0) is 18.3 Å². The summed E-state index contributed by atoms with van der Waals surface area (Å²) >= 11 is 0. The van der Waals surface area contributed by atoms with Gasteiger partial charge in [0.05, 0.1) is 0 Å². The van der Waals surface area contributed by atoms with E-state index in [1.165, 1.54) is 6.07 Å². The van der Waals surface area contributed by atoms with Crippen LogP contribution in [-0.4, -0.2) is 47.4 Å². The van der Waals surface area contributed by atoms with Crippen molar-refractivity contribution in [1.82, 2.24) is 15.4 Å². The lowest BCUT2D eigenvalue weighted by molar-refractivity contribution is -0.119. The number of nitrogens with two attached hydrogens (primary N) is 1. The summed E-state index contributed by atoms with van der Waals surface area (Å²) in [5, 5.41) is 6.28. The van der Waals surface area contributed by atoms with Crippen LogP contribution in [0.3, 0.4) is 0 Å². The zero-order chi connectivity index (χ0) is 15.0. The summed E-state index contributed by atoms with van der Waals surface area (Å²) in [6.07, 6.45) is 1.39. The number of carbonyl (C=O) groups excluding carboxylic acids is 3. The Balaban J connectivity index is 1.63. The van der Waals surface area contributed by atoms with Crippen LogP contribution in [0.1, 0.15) is 33.9 Å². The lowest BCUT2D eigenvalue weighted by Crippen LogP contribution is -2.30. The number of carbonyl (C=O) groups is 3. The molecule has 0 spiro atoms. The van der Waals surface area contributed by atoms with E-state index in [2.05, 4.69) is 10.5 Å². The van der Waals surface area contributed by atoms with E-state index in [1.54, 1.807) is 4.90 Å². The van der Waals surface area contributed by atoms with Gasteiger partial charge < -0.3 is 20.5 Å². The highest BCUT2D eigenvalue weighted by atomic mass is 16.5. The number of nitrogens with one attached hydrogen (secondary N) is 1. The van der Waals surface area contributed by atoms with Crippen molar-refractivity contribution in [2.24, 2.45) is 17.6 Å². The standard InChI is InChI=1S/C13H16N4O4/c14-12(19)9-4-10(21-16-9)13(20)17-2-1-7(6-17)8-3-11(18)15-5-8/h4,7-8H,1-3,5-6H2,(H2,14,19)(H,15,18). The monoisotopic (exact) mass is 292 g/mol. The number of primary amides is 1. The first kappa shape index (κ1) is 13.6. The first-order valence-corrected chi connectivity index (χ1v) is 6.87. The van der Waals surface area contributed by atoms with Crippen molar-refractivity contribution in [2.75, 3.05) is 19.6 Å². The Hall–Kier alpha value is -2.38. The first-order chi connectivity index (χ1) is 10.0. The highest BCUT2D eigenvalue weighted by molar-refractivity contribution is 5.96. The van der Waals surface area contributed by atoms with Gasteiger partial charge in [0.2, 0.25) is 11.7 Å². The van der Waals surface area contributed by atoms with Crippen LogP contribution < -0.4 is 11.1 Å². The Bertz CT molecular complexity index is 597. The lowest BCUT2D eigenvalue weighted by Gasteiger charge is -2.17. The molecule has 0 bridgehead atoms. The largest absolute Gasteiger partial charge is 0.364 e. The molecule has 112 valence electrons. The van der Waals surface area contributed by atoms with Crippen LogP contribution in [0.4, 0.5) is 0 Å². The van der Waals surface area contributed by atoms with Crippen LogP contribution in [-0.2, 0) is 4.79 Å². The van der Waals surface area contributed by atoms with Crippen molar-refractivity contribution >= 4 is 17.7 Å². The molecular formula is C13H16N4O4. The quantitative estimate of drug-likeness (QED) is 0.769. The number of likely N-dealkylation sites (tertiary alicyclic amines) is 1. The molecule has 3 rings (SSSR count). The number of hydrogen-bond acceptors (Lipinski definition) is 5. The van der Waals surface area contributed by atoms with Gasteiger partial charge in [0.25, 0.3) is 11.8 Å². The minimum atomic E-state index is -0.729. The summed E-state index contributed by atoms with van der Waals surface area (Å²) in [6, 6.07) is 1.26. The van der Waals surface area contributed by atoms with E-state index in [0.717, 1.165) is 6.42 Å². The fraction of sp³-hybridized carbons (Fsp3) is 0.538. The first-order valence-electron chi connectivity index (χ1n) is 6.87. The average molecular weight is 292 g/mol. The second kappa shape index (κ2) is 5.19. The summed E-state index contributed by atoms with van der Waals surface area (Å²) in [6.45, 7) is 1.88. The maximum Gasteiger partial charge on any atom is 0.292 e. The Morgan fingerprint density at radius 1 is 1.43 bits per heavy atom. The molecule has 3 amide bonds. The van der Waals surface area contributed by atoms with Gasteiger partial charge in [-0.25, -0.2) is 0 Å². The van der Waals surface area contributed by atoms with Gasteiger partial charge in [-0.3, -0.25) is 14.4 Å². The second-order valence-corrected chi connectivity index (χ2v) is 5.51. The van der Waals surface area contributed by atoms with Crippen LogP contribution in [0, 0.1) is 11.8 Å². The van der Waals surface area contributed by atoms with E-state index in [1.807, 2.05) is 0 Å². The number of amides is 3. The second-order valence-electron chi connectivity index (χ2n) is 5.51. The van der Waals surface area contributed by atoms with E-state index >= 15 is 0 Å². The zero-order valence-electron chi connectivity index (χ0n) is 11.4. The summed E-state index contributed by atoms with van der Waals surface area (Å²) in [5.41, 5.74) is 5.02. The van der Waals surface area contributed by atoms with Gasteiger partial charge in [-0.2, -0.15) is 0 Å². The van der Waals surface area contributed by atoms with Crippen molar-refractivity contribution in [3.8, 4) is 0 Å². The normalized spacial score (nSPS) is 25.1. The van der Waals surface area contributed by atoms with Crippen LogP contribution in [0.5, 0.6) is 0 Å². The molecule has 1 aromatic heterocycles. The molecule has 8 heteroatoms. The van der Waals surface area contributed by atoms with Crippen LogP contribution in [0.25, 0.3) is 0 Å².